The third-order valence-electron chi connectivity index (χ3n) is 5.16. The summed E-state index contributed by atoms with van der Waals surface area (Å²) in [4.78, 5) is 17.2. The predicted octanol–water partition coefficient (Wildman–Crippen LogP) is 3.91. The van der Waals surface area contributed by atoms with Crippen molar-refractivity contribution < 1.29 is 4.74 Å². The largest absolute Gasteiger partial charge is 0.497 e. The first-order valence-electron chi connectivity index (χ1n) is 8.78. The number of methoxy groups -OCH3 is 1. The van der Waals surface area contributed by atoms with E-state index in [0.717, 1.165) is 27.9 Å². The van der Waals surface area contributed by atoms with Gasteiger partial charge in [-0.15, -0.1) is 0 Å². The summed E-state index contributed by atoms with van der Waals surface area (Å²) in [6.45, 7) is 2.08. The Balaban J connectivity index is 1.89. The highest BCUT2D eigenvalue weighted by Crippen LogP contribution is 2.29. The second-order valence-corrected chi connectivity index (χ2v) is 6.63. The van der Waals surface area contributed by atoms with Crippen LogP contribution < -0.4 is 10.3 Å². The molecule has 0 saturated carbocycles. The molecule has 0 aliphatic heterocycles. The molecule has 5 nitrogen and oxygen atoms in total. The van der Waals surface area contributed by atoms with Crippen molar-refractivity contribution in [3.05, 3.63) is 69.9 Å². The fourth-order valence-electron chi connectivity index (χ4n) is 3.46. The molecule has 0 amide bonds. The van der Waals surface area contributed by atoms with E-state index in [1.807, 2.05) is 49.5 Å². The molecule has 0 saturated heterocycles. The van der Waals surface area contributed by atoms with Crippen molar-refractivity contribution in [3.8, 4) is 5.75 Å². The second kappa shape index (κ2) is 6.43. The van der Waals surface area contributed by atoms with Crippen molar-refractivity contribution in [2.24, 2.45) is 14.1 Å². The number of para-hydroxylation sites is 1. The lowest BCUT2D eigenvalue weighted by Gasteiger charge is -2.05. The summed E-state index contributed by atoms with van der Waals surface area (Å²) in [6.07, 6.45) is 3.92. The summed E-state index contributed by atoms with van der Waals surface area (Å²) in [5, 5.41) is 1.74. The molecular formula is C22H21N3O2. The molecule has 0 aliphatic carbocycles. The maximum atomic E-state index is 12.6. The SMILES string of the molecule is COc1ccc2c(c1)c(/C=C/c1nc3ccccc3c(=O)n1C)c(C)n2C. The summed E-state index contributed by atoms with van der Waals surface area (Å²) in [5.74, 6) is 1.44. The molecule has 0 spiro atoms. The van der Waals surface area contributed by atoms with Gasteiger partial charge < -0.3 is 9.30 Å². The van der Waals surface area contributed by atoms with E-state index in [1.165, 1.54) is 0 Å². The van der Waals surface area contributed by atoms with E-state index in [1.54, 1.807) is 24.8 Å². The van der Waals surface area contributed by atoms with E-state index < -0.39 is 0 Å². The van der Waals surface area contributed by atoms with Crippen molar-refractivity contribution in [3.63, 3.8) is 0 Å². The van der Waals surface area contributed by atoms with Gasteiger partial charge in [0.1, 0.15) is 11.6 Å². The first-order chi connectivity index (χ1) is 13.0. The van der Waals surface area contributed by atoms with Crippen LogP contribution >= 0.6 is 0 Å². The minimum atomic E-state index is -0.0449. The van der Waals surface area contributed by atoms with E-state index in [9.17, 15) is 4.79 Å². The second-order valence-electron chi connectivity index (χ2n) is 6.63. The van der Waals surface area contributed by atoms with Gasteiger partial charge >= 0.3 is 0 Å². The molecule has 27 heavy (non-hydrogen) atoms. The lowest BCUT2D eigenvalue weighted by Crippen LogP contribution is -2.20. The van der Waals surface area contributed by atoms with Gasteiger partial charge in [-0.25, -0.2) is 4.98 Å². The van der Waals surface area contributed by atoms with Gasteiger partial charge in [-0.1, -0.05) is 12.1 Å². The predicted molar refractivity (Wildman–Crippen MR) is 110 cm³/mol. The Hall–Kier alpha value is -3.34. The highest BCUT2D eigenvalue weighted by atomic mass is 16.5. The molecular weight excluding hydrogens is 338 g/mol. The lowest BCUT2D eigenvalue weighted by atomic mass is 10.1. The zero-order chi connectivity index (χ0) is 19.1. The quantitative estimate of drug-likeness (QED) is 0.557. The third kappa shape index (κ3) is 2.72. The summed E-state index contributed by atoms with van der Waals surface area (Å²) in [6, 6.07) is 13.5. The highest BCUT2D eigenvalue weighted by Gasteiger charge is 2.11. The molecule has 136 valence electrons. The number of nitrogens with zero attached hydrogens (tertiary/aromatic N) is 3. The van der Waals surface area contributed by atoms with Gasteiger partial charge in [-0.05, 0) is 49.4 Å². The van der Waals surface area contributed by atoms with E-state index >= 15 is 0 Å². The molecule has 0 unspecified atom stereocenters. The van der Waals surface area contributed by atoms with Gasteiger partial charge in [0.2, 0.25) is 0 Å². The fraction of sp³-hybridized carbons (Fsp3) is 0.182. The Morgan fingerprint density at radius 1 is 1.00 bits per heavy atom. The maximum absolute atomic E-state index is 12.6. The van der Waals surface area contributed by atoms with Crippen LogP contribution in [0.15, 0.2) is 47.3 Å². The molecule has 0 N–H and O–H groups in total. The molecule has 4 rings (SSSR count). The third-order valence-corrected chi connectivity index (χ3v) is 5.16. The van der Waals surface area contributed by atoms with Crippen molar-refractivity contribution >= 4 is 34.0 Å². The van der Waals surface area contributed by atoms with Crippen LogP contribution in [0.1, 0.15) is 17.1 Å². The fourth-order valence-corrected chi connectivity index (χ4v) is 3.46. The highest BCUT2D eigenvalue weighted by molar-refractivity contribution is 5.94. The zero-order valence-corrected chi connectivity index (χ0v) is 15.9. The number of aryl methyl sites for hydroxylation is 1. The van der Waals surface area contributed by atoms with Crippen LogP contribution in [-0.4, -0.2) is 21.2 Å². The Morgan fingerprint density at radius 3 is 2.56 bits per heavy atom. The Kier molecular flexibility index (Phi) is 4.07. The van der Waals surface area contributed by atoms with E-state index in [0.29, 0.717) is 16.7 Å². The molecule has 0 atom stereocenters. The molecule has 0 fully saturated rings. The summed E-state index contributed by atoms with van der Waals surface area (Å²) in [5.41, 5.74) is 4.02. The molecule has 4 aromatic rings. The van der Waals surface area contributed by atoms with Crippen molar-refractivity contribution in [1.82, 2.24) is 14.1 Å². The van der Waals surface area contributed by atoms with Crippen LogP contribution in [0.2, 0.25) is 0 Å². The van der Waals surface area contributed by atoms with Crippen molar-refractivity contribution in [2.75, 3.05) is 7.11 Å². The topological polar surface area (TPSA) is 49.0 Å². The summed E-state index contributed by atoms with van der Waals surface area (Å²) < 4.78 is 9.12. The smallest absolute Gasteiger partial charge is 0.261 e. The monoisotopic (exact) mass is 359 g/mol. The lowest BCUT2D eigenvalue weighted by molar-refractivity contribution is 0.415. The van der Waals surface area contributed by atoms with E-state index in [2.05, 4.69) is 22.5 Å². The number of hydrogen-bond donors (Lipinski definition) is 0. The number of benzene rings is 2. The molecule has 0 radical (unpaired) electrons. The van der Waals surface area contributed by atoms with Gasteiger partial charge in [0, 0.05) is 36.3 Å². The average molecular weight is 359 g/mol. The minimum Gasteiger partial charge on any atom is -0.497 e. The van der Waals surface area contributed by atoms with Crippen molar-refractivity contribution in [1.29, 1.82) is 0 Å². The zero-order valence-electron chi connectivity index (χ0n) is 15.9. The molecule has 2 heterocycles. The van der Waals surface area contributed by atoms with Gasteiger partial charge in [0.15, 0.2) is 0 Å². The maximum Gasteiger partial charge on any atom is 0.261 e. The van der Waals surface area contributed by atoms with Gasteiger partial charge in [0.25, 0.3) is 5.56 Å². The Bertz CT molecular complexity index is 1260. The standard InChI is InChI=1S/C22H21N3O2/c1-14-16(18-13-15(27-4)9-11-20(18)24(14)2)10-12-21-23-19-8-6-5-7-17(19)22(26)25(21)3/h5-13H,1-4H3/b12-10+. The van der Waals surface area contributed by atoms with E-state index in [4.69, 9.17) is 4.74 Å². The number of ether oxygens (including phenoxy) is 1. The number of aromatic nitrogens is 3. The molecule has 0 aliphatic rings. The van der Waals surface area contributed by atoms with Crippen molar-refractivity contribution in [2.45, 2.75) is 6.92 Å². The number of hydrogen-bond acceptors (Lipinski definition) is 3. The van der Waals surface area contributed by atoms with Crippen LogP contribution in [0.5, 0.6) is 5.75 Å². The van der Waals surface area contributed by atoms with E-state index in [-0.39, 0.29) is 5.56 Å². The average Bonchev–Trinajstić information content (AvgIpc) is 2.93. The van der Waals surface area contributed by atoms with Crippen LogP contribution in [0.4, 0.5) is 0 Å². The number of rotatable bonds is 3. The molecule has 0 bridgehead atoms. The summed E-state index contributed by atoms with van der Waals surface area (Å²) in [7, 11) is 5.47. The Labute approximate surface area is 157 Å². The van der Waals surface area contributed by atoms with Crippen LogP contribution in [0.25, 0.3) is 34.0 Å². The first-order valence-corrected chi connectivity index (χ1v) is 8.78. The summed E-state index contributed by atoms with van der Waals surface area (Å²) >= 11 is 0. The van der Waals surface area contributed by atoms with Gasteiger partial charge in [-0.3, -0.25) is 9.36 Å². The molecule has 5 heteroatoms. The van der Waals surface area contributed by atoms with Gasteiger partial charge in [-0.2, -0.15) is 0 Å². The molecule has 2 aromatic carbocycles. The Morgan fingerprint density at radius 2 is 1.78 bits per heavy atom. The van der Waals surface area contributed by atoms with Crippen LogP contribution in [0, 0.1) is 6.92 Å². The van der Waals surface area contributed by atoms with Gasteiger partial charge in [0.05, 0.1) is 18.0 Å². The normalized spacial score (nSPS) is 11.7. The van der Waals surface area contributed by atoms with Crippen LogP contribution in [-0.2, 0) is 14.1 Å². The van der Waals surface area contributed by atoms with Crippen LogP contribution in [0.3, 0.4) is 0 Å². The first kappa shape index (κ1) is 17.1. The number of fused-ring (bicyclic) bond motifs is 2. The molecule has 2 aromatic heterocycles. The minimum absolute atomic E-state index is 0.0449.